The molecule has 2 aliphatic rings. The maximum atomic E-state index is 13.3. The number of hydrogen-bond acceptors (Lipinski definition) is 4. The maximum absolute atomic E-state index is 13.3. The van der Waals surface area contributed by atoms with Gasteiger partial charge in [-0.15, -0.1) is 0 Å². The number of halogens is 1. The normalized spacial score (nSPS) is 20.7. The molecule has 160 valence electrons. The predicted octanol–water partition coefficient (Wildman–Crippen LogP) is 3.89. The molecule has 1 amide bonds. The lowest BCUT2D eigenvalue weighted by Crippen LogP contribution is -2.54. The number of pyridine rings is 1. The average Bonchev–Trinajstić information content (AvgIpc) is 3.31. The van der Waals surface area contributed by atoms with E-state index in [4.69, 9.17) is 11.6 Å². The van der Waals surface area contributed by atoms with Crippen LogP contribution in [0.15, 0.2) is 48.5 Å². The molecule has 1 aromatic heterocycles. The van der Waals surface area contributed by atoms with E-state index in [1.54, 1.807) is 6.07 Å². The third-order valence-corrected chi connectivity index (χ3v) is 6.80. The number of amides is 1. The molecule has 1 saturated carbocycles. The van der Waals surface area contributed by atoms with E-state index >= 15 is 0 Å². The largest absolute Gasteiger partial charge is 0.375 e. The Balaban J connectivity index is 1.38. The van der Waals surface area contributed by atoms with Gasteiger partial charge in [0.15, 0.2) is 5.60 Å². The molecule has 2 heterocycles. The summed E-state index contributed by atoms with van der Waals surface area (Å²) in [6, 6.07) is 15.2. The summed E-state index contributed by atoms with van der Waals surface area (Å²) >= 11 is 5.99. The number of aliphatic hydroxyl groups is 1. The van der Waals surface area contributed by atoms with Gasteiger partial charge in [0.05, 0.1) is 5.69 Å². The van der Waals surface area contributed by atoms with Crippen LogP contribution in [0.1, 0.15) is 49.8 Å². The molecule has 1 atom stereocenters. The molecule has 0 bridgehead atoms. The molecule has 1 aliphatic carbocycles. The summed E-state index contributed by atoms with van der Waals surface area (Å²) in [5.41, 5.74) is 0.225. The van der Waals surface area contributed by atoms with Crippen LogP contribution < -0.4 is 5.32 Å². The molecule has 0 radical (unpaired) electrons. The van der Waals surface area contributed by atoms with Crippen molar-refractivity contribution in [3.05, 3.63) is 64.9 Å². The molecule has 5 nitrogen and oxygen atoms in total. The van der Waals surface area contributed by atoms with Gasteiger partial charge < -0.3 is 10.4 Å². The number of nitrogens with one attached hydrogen (secondary N) is 1. The molecular formula is C24H30ClN3O2. The zero-order valence-electron chi connectivity index (χ0n) is 17.3. The van der Waals surface area contributed by atoms with E-state index in [1.807, 2.05) is 42.5 Å². The van der Waals surface area contributed by atoms with Gasteiger partial charge >= 0.3 is 0 Å². The van der Waals surface area contributed by atoms with E-state index in [0.717, 1.165) is 63.9 Å². The highest BCUT2D eigenvalue weighted by Gasteiger charge is 2.46. The third-order valence-electron chi connectivity index (χ3n) is 6.59. The number of benzene rings is 1. The summed E-state index contributed by atoms with van der Waals surface area (Å²) in [6.07, 6.45) is 5.66. The summed E-state index contributed by atoms with van der Waals surface area (Å²) in [4.78, 5) is 20.0. The summed E-state index contributed by atoms with van der Waals surface area (Å²) in [5, 5.41) is 15.3. The van der Waals surface area contributed by atoms with Crippen LogP contribution in [0.3, 0.4) is 0 Å². The van der Waals surface area contributed by atoms with Gasteiger partial charge in [0.2, 0.25) is 0 Å². The molecular weight excluding hydrogens is 398 g/mol. The fraction of sp³-hybridized carbons (Fsp3) is 0.500. The zero-order valence-corrected chi connectivity index (χ0v) is 18.0. The summed E-state index contributed by atoms with van der Waals surface area (Å²) in [6.45, 7) is 2.52. The number of likely N-dealkylation sites (tertiary alicyclic amines) is 1. The number of hydrogen-bond donors (Lipinski definition) is 2. The van der Waals surface area contributed by atoms with Crippen molar-refractivity contribution >= 4 is 17.5 Å². The highest BCUT2D eigenvalue weighted by atomic mass is 35.5. The highest BCUT2D eigenvalue weighted by Crippen LogP contribution is 2.41. The second-order valence-corrected chi connectivity index (χ2v) is 8.98. The minimum absolute atomic E-state index is 0.0195. The van der Waals surface area contributed by atoms with E-state index in [-0.39, 0.29) is 17.9 Å². The Bertz CT molecular complexity index is 849. The smallest absolute Gasteiger partial charge is 0.257 e. The first kappa shape index (κ1) is 21.3. The quantitative estimate of drug-likeness (QED) is 0.686. The Morgan fingerprint density at radius 1 is 1.07 bits per heavy atom. The van der Waals surface area contributed by atoms with Crippen LogP contribution >= 0.6 is 11.6 Å². The Kier molecular flexibility index (Phi) is 6.71. The minimum atomic E-state index is -1.44. The van der Waals surface area contributed by atoms with Crippen molar-refractivity contribution in [3.63, 3.8) is 0 Å². The number of aromatic nitrogens is 1. The zero-order chi connectivity index (χ0) is 21.0. The highest BCUT2D eigenvalue weighted by molar-refractivity contribution is 6.29. The van der Waals surface area contributed by atoms with E-state index in [9.17, 15) is 9.90 Å². The Morgan fingerprint density at radius 3 is 2.43 bits per heavy atom. The van der Waals surface area contributed by atoms with Crippen molar-refractivity contribution in [2.75, 3.05) is 13.1 Å². The van der Waals surface area contributed by atoms with Crippen LogP contribution in [0.25, 0.3) is 0 Å². The van der Waals surface area contributed by atoms with E-state index in [2.05, 4.69) is 15.2 Å². The van der Waals surface area contributed by atoms with Crippen molar-refractivity contribution in [2.45, 2.75) is 56.7 Å². The number of carbonyl (C=O) groups is 1. The first-order valence-corrected chi connectivity index (χ1v) is 11.4. The molecule has 1 aromatic carbocycles. The summed E-state index contributed by atoms with van der Waals surface area (Å²) < 4.78 is 0. The van der Waals surface area contributed by atoms with E-state index in [0.29, 0.717) is 10.7 Å². The Hall–Kier alpha value is -1.95. The van der Waals surface area contributed by atoms with Gasteiger partial charge in [0.1, 0.15) is 5.15 Å². The number of carbonyl (C=O) groups excluding carboxylic acids is 1. The van der Waals surface area contributed by atoms with Crippen LogP contribution in [0.4, 0.5) is 0 Å². The molecule has 1 unspecified atom stereocenters. The van der Waals surface area contributed by atoms with Gasteiger partial charge in [0, 0.05) is 31.6 Å². The molecule has 1 aliphatic heterocycles. The Morgan fingerprint density at radius 2 is 1.77 bits per heavy atom. The van der Waals surface area contributed by atoms with Crippen LogP contribution in [0, 0.1) is 5.92 Å². The number of piperidine rings is 1. The van der Waals surface area contributed by atoms with Gasteiger partial charge in [-0.1, -0.05) is 60.8 Å². The molecule has 2 aromatic rings. The van der Waals surface area contributed by atoms with Crippen molar-refractivity contribution in [2.24, 2.45) is 5.92 Å². The van der Waals surface area contributed by atoms with Gasteiger partial charge in [-0.2, -0.15) is 0 Å². The summed E-state index contributed by atoms with van der Waals surface area (Å²) in [5.74, 6) is -0.260. The van der Waals surface area contributed by atoms with Gasteiger partial charge in [-0.05, 0) is 43.4 Å². The molecule has 4 rings (SSSR count). The SMILES string of the molecule is O=C(NC1CCN(Cc2cccc(Cl)n2)CC1)C(O)(c1ccccc1)C1CCCC1. The molecule has 1 saturated heterocycles. The van der Waals surface area contributed by atoms with E-state index in [1.165, 1.54) is 0 Å². The molecule has 2 N–H and O–H groups in total. The van der Waals surface area contributed by atoms with Crippen molar-refractivity contribution in [3.8, 4) is 0 Å². The van der Waals surface area contributed by atoms with Crippen LogP contribution in [-0.4, -0.2) is 40.0 Å². The minimum Gasteiger partial charge on any atom is -0.375 e. The fourth-order valence-electron chi connectivity index (χ4n) is 4.89. The second-order valence-electron chi connectivity index (χ2n) is 8.59. The molecule has 30 heavy (non-hydrogen) atoms. The Labute approximate surface area is 183 Å². The lowest BCUT2D eigenvalue weighted by Gasteiger charge is -2.37. The van der Waals surface area contributed by atoms with Crippen LogP contribution in [0.2, 0.25) is 5.15 Å². The van der Waals surface area contributed by atoms with Crippen LogP contribution in [-0.2, 0) is 16.9 Å². The van der Waals surface area contributed by atoms with Gasteiger partial charge in [-0.3, -0.25) is 9.69 Å². The summed E-state index contributed by atoms with van der Waals surface area (Å²) in [7, 11) is 0. The number of rotatable bonds is 6. The standard InChI is InChI=1S/C24H30ClN3O2/c25-22-12-6-11-21(26-22)17-28-15-13-20(14-16-28)27-23(29)24(30,19-9-4-5-10-19)18-7-2-1-3-8-18/h1-3,6-8,11-12,19-20,30H,4-5,9-10,13-17H2,(H,27,29). The topological polar surface area (TPSA) is 65.5 Å². The van der Waals surface area contributed by atoms with Crippen molar-refractivity contribution in [1.29, 1.82) is 0 Å². The second kappa shape index (κ2) is 9.46. The van der Waals surface area contributed by atoms with Crippen molar-refractivity contribution in [1.82, 2.24) is 15.2 Å². The van der Waals surface area contributed by atoms with Crippen LogP contribution in [0.5, 0.6) is 0 Å². The fourth-order valence-corrected chi connectivity index (χ4v) is 5.07. The lowest BCUT2D eigenvalue weighted by molar-refractivity contribution is -0.148. The molecule has 6 heteroatoms. The molecule has 0 spiro atoms. The average molecular weight is 428 g/mol. The van der Waals surface area contributed by atoms with Gasteiger partial charge in [0.25, 0.3) is 5.91 Å². The number of nitrogens with zero attached hydrogens (tertiary/aromatic N) is 2. The first-order valence-electron chi connectivity index (χ1n) is 11.0. The maximum Gasteiger partial charge on any atom is 0.257 e. The monoisotopic (exact) mass is 427 g/mol. The molecule has 2 fully saturated rings. The third kappa shape index (κ3) is 4.69. The lowest BCUT2D eigenvalue weighted by atomic mass is 9.79. The van der Waals surface area contributed by atoms with E-state index < -0.39 is 5.60 Å². The first-order chi connectivity index (χ1) is 14.6. The van der Waals surface area contributed by atoms with Crippen molar-refractivity contribution < 1.29 is 9.90 Å². The van der Waals surface area contributed by atoms with Gasteiger partial charge in [-0.25, -0.2) is 4.98 Å². The predicted molar refractivity (Wildman–Crippen MR) is 118 cm³/mol.